The van der Waals surface area contributed by atoms with Gasteiger partial charge in [0.15, 0.2) is 0 Å². The first-order chi connectivity index (χ1) is 8.21. The van der Waals surface area contributed by atoms with Crippen molar-refractivity contribution in [1.29, 1.82) is 0 Å². The first-order valence-electron chi connectivity index (χ1n) is 5.60. The summed E-state index contributed by atoms with van der Waals surface area (Å²) in [5.74, 6) is 0. The van der Waals surface area contributed by atoms with Gasteiger partial charge in [-0.25, -0.2) is 0 Å². The summed E-state index contributed by atoms with van der Waals surface area (Å²) in [5.41, 5.74) is 0.978. The Bertz CT molecular complexity index is 353. The molecule has 1 rings (SSSR count). The van der Waals surface area contributed by atoms with Crippen LogP contribution in [0.25, 0.3) is 6.08 Å². The van der Waals surface area contributed by atoms with Crippen LogP contribution in [-0.4, -0.2) is 40.1 Å². The van der Waals surface area contributed by atoms with Crippen molar-refractivity contribution in [2.45, 2.75) is 12.8 Å². The second kappa shape index (κ2) is 6.49. The van der Waals surface area contributed by atoms with Crippen molar-refractivity contribution in [3.63, 3.8) is 0 Å². The SMILES string of the molecule is C=Cc1ncccc1CCC(CO)(CO)CO. The van der Waals surface area contributed by atoms with E-state index in [9.17, 15) is 15.3 Å². The summed E-state index contributed by atoms with van der Waals surface area (Å²) < 4.78 is 0. The molecule has 17 heavy (non-hydrogen) atoms. The van der Waals surface area contributed by atoms with E-state index >= 15 is 0 Å². The number of aryl methyl sites for hydroxylation is 1. The number of hydrogen-bond donors (Lipinski definition) is 3. The second-order valence-electron chi connectivity index (χ2n) is 4.23. The summed E-state index contributed by atoms with van der Waals surface area (Å²) in [7, 11) is 0. The highest BCUT2D eigenvalue weighted by atomic mass is 16.3. The number of rotatable bonds is 7. The van der Waals surface area contributed by atoms with Gasteiger partial charge < -0.3 is 15.3 Å². The Morgan fingerprint density at radius 3 is 2.41 bits per heavy atom. The van der Waals surface area contributed by atoms with Crippen LogP contribution in [0.2, 0.25) is 0 Å². The van der Waals surface area contributed by atoms with Crippen LogP contribution in [0.15, 0.2) is 24.9 Å². The Hall–Kier alpha value is -1.23. The van der Waals surface area contributed by atoms with Crippen LogP contribution < -0.4 is 0 Å². The zero-order valence-electron chi connectivity index (χ0n) is 9.84. The van der Waals surface area contributed by atoms with Gasteiger partial charge in [-0.2, -0.15) is 0 Å². The molecule has 4 nitrogen and oxygen atoms in total. The lowest BCUT2D eigenvalue weighted by molar-refractivity contribution is -0.000288. The molecule has 4 heteroatoms. The summed E-state index contributed by atoms with van der Waals surface area (Å²) in [6.45, 7) is 2.99. The minimum Gasteiger partial charge on any atom is -0.396 e. The van der Waals surface area contributed by atoms with Gasteiger partial charge in [0.1, 0.15) is 0 Å². The molecule has 94 valence electrons. The predicted octanol–water partition coefficient (Wildman–Crippen LogP) is 0.620. The van der Waals surface area contributed by atoms with Crippen LogP contribution in [0.5, 0.6) is 0 Å². The fourth-order valence-electron chi connectivity index (χ4n) is 1.63. The van der Waals surface area contributed by atoms with Crippen LogP contribution in [0, 0.1) is 5.41 Å². The molecule has 0 saturated heterocycles. The normalized spacial score (nSPS) is 11.5. The van der Waals surface area contributed by atoms with Crippen LogP contribution in [0.1, 0.15) is 17.7 Å². The number of pyridine rings is 1. The Morgan fingerprint density at radius 1 is 1.24 bits per heavy atom. The van der Waals surface area contributed by atoms with Crippen molar-refractivity contribution in [2.75, 3.05) is 19.8 Å². The molecule has 0 spiro atoms. The van der Waals surface area contributed by atoms with E-state index < -0.39 is 5.41 Å². The van der Waals surface area contributed by atoms with E-state index in [1.54, 1.807) is 12.3 Å². The van der Waals surface area contributed by atoms with E-state index in [0.29, 0.717) is 12.8 Å². The molecule has 0 atom stereocenters. The number of nitrogens with zero attached hydrogens (tertiary/aromatic N) is 1. The van der Waals surface area contributed by atoms with Gasteiger partial charge in [0.25, 0.3) is 0 Å². The predicted molar refractivity (Wildman–Crippen MR) is 66.3 cm³/mol. The van der Waals surface area contributed by atoms with Gasteiger partial charge in [0, 0.05) is 11.6 Å². The van der Waals surface area contributed by atoms with E-state index in [2.05, 4.69) is 11.6 Å². The van der Waals surface area contributed by atoms with E-state index in [4.69, 9.17) is 0 Å². The lowest BCUT2D eigenvalue weighted by Crippen LogP contribution is -2.34. The highest BCUT2D eigenvalue weighted by molar-refractivity contribution is 5.46. The number of aromatic nitrogens is 1. The number of aliphatic hydroxyl groups excluding tert-OH is 3. The van der Waals surface area contributed by atoms with Gasteiger partial charge in [-0.1, -0.05) is 12.6 Å². The molecule has 3 N–H and O–H groups in total. The molecule has 0 radical (unpaired) electrons. The average Bonchev–Trinajstić information content (AvgIpc) is 2.41. The van der Waals surface area contributed by atoms with Crippen LogP contribution in [0.3, 0.4) is 0 Å². The molecule has 0 aliphatic carbocycles. The van der Waals surface area contributed by atoms with Crippen molar-refractivity contribution in [1.82, 2.24) is 4.98 Å². The summed E-state index contributed by atoms with van der Waals surface area (Å²) in [6.07, 6.45) is 4.51. The summed E-state index contributed by atoms with van der Waals surface area (Å²) >= 11 is 0. The van der Waals surface area contributed by atoms with E-state index in [1.807, 2.05) is 12.1 Å². The largest absolute Gasteiger partial charge is 0.396 e. The smallest absolute Gasteiger partial charge is 0.0655 e. The highest BCUT2D eigenvalue weighted by Gasteiger charge is 2.27. The molecule has 0 aliphatic rings. The Morgan fingerprint density at radius 2 is 1.88 bits per heavy atom. The minimum absolute atomic E-state index is 0.232. The minimum atomic E-state index is -0.825. The number of hydrogen-bond acceptors (Lipinski definition) is 4. The Kier molecular flexibility index (Phi) is 5.28. The molecule has 0 amide bonds. The van der Waals surface area contributed by atoms with Gasteiger partial charge in [-0.05, 0) is 30.5 Å². The Balaban J connectivity index is 2.75. The topological polar surface area (TPSA) is 73.6 Å². The van der Waals surface area contributed by atoms with Crippen LogP contribution >= 0.6 is 0 Å². The van der Waals surface area contributed by atoms with Crippen molar-refractivity contribution >= 4 is 6.08 Å². The van der Waals surface area contributed by atoms with Gasteiger partial charge >= 0.3 is 0 Å². The van der Waals surface area contributed by atoms with Gasteiger partial charge in [0.05, 0.1) is 25.5 Å². The van der Waals surface area contributed by atoms with E-state index in [0.717, 1.165) is 11.3 Å². The third-order valence-corrected chi connectivity index (χ3v) is 3.05. The maximum absolute atomic E-state index is 9.23. The molecule has 0 aliphatic heterocycles. The summed E-state index contributed by atoms with van der Waals surface area (Å²) in [4.78, 5) is 4.17. The van der Waals surface area contributed by atoms with E-state index in [1.165, 1.54) is 0 Å². The van der Waals surface area contributed by atoms with Crippen LogP contribution in [-0.2, 0) is 6.42 Å². The standard InChI is InChI=1S/C13H19NO3/c1-2-12-11(4-3-7-14-12)5-6-13(8-15,9-16)10-17/h2-4,7,15-17H,1,5-6,8-10H2. The second-order valence-corrected chi connectivity index (χ2v) is 4.23. The third kappa shape index (κ3) is 3.36. The first-order valence-corrected chi connectivity index (χ1v) is 5.60. The van der Waals surface area contributed by atoms with Crippen molar-refractivity contribution in [3.8, 4) is 0 Å². The lowest BCUT2D eigenvalue weighted by atomic mass is 9.84. The Labute approximate surface area is 101 Å². The first kappa shape index (κ1) is 13.8. The van der Waals surface area contributed by atoms with E-state index in [-0.39, 0.29) is 19.8 Å². The molecule has 1 aromatic heterocycles. The molecule has 0 bridgehead atoms. The molecule has 0 fully saturated rings. The van der Waals surface area contributed by atoms with Crippen molar-refractivity contribution < 1.29 is 15.3 Å². The van der Waals surface area contributed by atoms with Crippen molar-refractivity contribution in [3.05, 3.63) is 36.2 Å². The highest BCUT2D eigenvalue weighted by Crippen LogP contribution is 2.23. The fraction of sp³-hybridized carbons (Fsp3) is 0.462. The molecule has 0 unspecified atom stereocenters. The zero-order chi connectivity index (χ0) is 12.7. The van der Waals surface area contributed by atoms with Gasteiger partial charge in [0.2, 0.25) is 0 Å². The molecular formula is C13H19NO3. The molecule has 1 heterocycles. The maximum Gasteiger partial charge on any atom is 0.0655 e. The third-order valence-electron chi connectivity index (χ3n) is 3.05. The lowest BCUT2D eigenvalue weighted by Gasteiger charge is -2.27. The molecule has 0 aromatic carbocycles. The molecule has 0 saturated carbocycles. The van der Waals surface area contributed by atoms with Gasteiger partial charge in [-0.3, -0.25) is 4.98 Å². The number of aliphatic hydroxyl groups is 3. The zero-order valence-corrected chi connectivity index (χ0v) is 9.84. The summed E-state index contributed by atoms with van der Waals surface area (Å²) in [5, 5.41) is 27.7. The summed E-state index contributed by atoms with van der Waals surface area (Å²) in [6, 6.07) is 3.77. The molecule has 1 aromatic rings. The molecular weight excluding hydrogens is 218 g/mol. The average molecular weight is 237 g/mol. The monoisotopic (exact) mass is 237 g/mol. The van der Waals surface area contributed by atoms with Crippen LogP contribution in [0.4, 0.5) is 0 Å². The fourth-order valence-corrected chi connectivity index (χ4v) is 1.63. The maximum atomic E-state index is 9.23. The quantitative estimate of drug-likeness (QED) is 0.650. The van der Waals surface area contributed by atoms with Crippen molar-refractivity contribution in [2.24, 2.45) is 5.41 Å². The van der Waals surface area contributed by atoms with Gasteiger partial charge in [-0.15, -0.1) is 0 Å².